The van der Waals surface area contributed by atoms with Gasteiger partial charge in [0.1, 0.15) is 12.7 Å². The fourth-order valence-electron chi connectivity index (χ4n) is 1.34. The zero-order valence-electron chi connectivity index (χ0n) is 9.02. The van der Waals surface area contributed by atoms with Crippen LogP contribution in [-0.2, 0) is 0 Å². The second-order valence-corrected chi connectivity index (χ2v) is 3.63. The SMILES string of the molecule is CC(C)=C(C)n1cnc2c(N)ncnc21. The molecular weight excluding hydrogens is 190 g/mol. The van der Waals surface area contributed by atoms with Gasteiger partial charge in [0.25, 0.3) is 0 Å². The Morgan fingerprint density at radius 2 is 1.93 bits per heavy atom. The van der Waals surface area contributed by atoms with E-state index in [1.807, 2.05) is 25.3 Å². The molecule has 2 heterocycles. The van der Waals surface area contributed by atoms with Gasteiger partial charge in [-0.05, 0) is 20.8 Å². The van der Waals surface area contributed by atoms with Crippen molar-refractivity contribution in [2.45, 2.75) is 20.8 Å². The molecule has 0 saturated heterocycles. The van der Waals surface area contributed by atoms with Crippen LogP contribution in [0.1, 0.15) is 20.8 Å². The largest absolute Gasteiger partial charge is 0.382 e. The molecule has 0 aromatic carbocycles. The molecule has 0 atom stereocenters. The molecule has 0 bridgehead atoms. The topological polar surface area (TPSA) is 69.6 Å². The van der Waals surface area contributed by atoms with Gasteiger partial charge in [-0.15, -0.1) is 0 Å². The van der Waals surface area contributed by atoms with Crippen LogP contribution in [0.4, 0.5) is 5.82 Å². The molecule has 2 rings (SSSR count). The average molecular weight is 203 g/mol. The molecule has 0 fully saturated rings. The molecule has 2 aromatic rings. The second-order valence-electron chi connectivity index (χ2n) is 3.63. The van der Waals surface area contributed by atoms with Crippen LogP contribution in [0.15, 0.2) is 18.2 Å². The van der Waals surface area contributed by atoms with Gasteiger partial charge in [0, 0.05) is 5.70 Å². The molecule has 0 unspecified atom stereocenters. The first-order valence-electron chi connectivity index (χ1n) is 4.69. The van der Waals surface area contributed by atoms with Gasteiger partial charge in [-0.1, -0.05) is 5.57 Å². The molecule has 0 saturated carbocycles. The minimum Gasteiger partial charge on any atom is -0.382 e. The molecular formula is C10H13N5. The molecule has 0 amide bonds. The first kappa shape index (κ1) is 9.64. The lowest BCUT2D eigenvalue weighted by Crippen LogP contribution is -1.97. The Morgan fingerprint density at radius 3 is 2.60 bits per heavy atom. The third kappa shape index (κ3) is 1.45. The Bertz CT molecular complexity index is 534. The van der Waals surface area contributed by atoms with E-state index in [0.29, 0.717) is 11.3 Å². The summed E-state index contributed by atoms with van der Waals surface area (Å²) in [6.45, 7) is 6.12. The summed E-state index contributed by atoms with van der Waals surface area (Å²) in [7, 11) is 0. The number of aromatic nitrogens is 4. The maximum atomic E-state index is 5.70. The van der Waals surface area contributed by atoms with E-state index in [2.05, 4.69) is 15.0 Å². The van der Waals surface area contributed by atoms with Gasteiger partial charge in [0.15, 0.2) is 17.0 Å². The molecule has 5 nitrogen and oxygen atoms in total. The Labute approximate surface area is 87.7 Å². The number of hydrogen-bond donors (Lipinski definition) is 1. The highest BCUT2D eigenvalue weighted by Gasteiger charge is 2.08. The quantitative estimate of drug-likeness (QED) is 0.765. The summed E-state index contributed by atoms with van der Waals surface area (Å²) in [6.07, 6.45) is 3.17. The highest BCUT2D eigenvalue weighted by molar-refractivity contribution is 5.83. The van der Waals surface area contributed by atoms with Crippen LogP contribution in [0.2, 0.25) is 0 Å². The highest BCUT2D eigenvalue weighted by atomic mass is 15.1. The fraction of sp³-hybridized carbons (Fsp3) is 0.300. The lowest BCUT2D eigenvalue weighted by atomic mass is 10.3. The monoisotopic (exact) mass is 203 g/mol. The minimum absolute atomic E-state index is 0.417. The summed E-state index contributed by atoms with van der Waals surface area (Å²) in [5.41, 5.74) is 9.43. The Hall–Kier alpha value is -1.91. The van der Waals surface area contributed by atoms with Crippen LogP contribution in [0.3, 0.4) is 0 Å². The number of fused-ring (bicyclic) bond motifs is 1. The smallest absolute Gasteiger partial charge is 0.169 e. The first-order chi connectivity index (χ1) is 7.11. The standard InChI is InChI=1S/C10H13N5/c1-6(2)7(3)15-5-14-8-9(11)12-4-13-10(8)15/h4-5H,1-3H3,(H2,11,12,13). The number of anilines is 1. The fourth-order valence-corrected chi connectivity index (χ4v) is 1.34. The van der Waals surface area contributed by atoms with Crippen LogP contribution in [-0.4, -0.2) is 19.5 Å². The highest BCUT2D eigenvalue weighted by Crippen LogP contribution is 2.19. The predicted octanol–water partition coefficient (Wildman–Crippen LogP) is 1.68. The van der Waals surface area contributed by atoms with Crippen molar-refractivity contribution < 1.29 is 0 Å². The molecule has 5 heteroatoms. The Balaban J connectivity index is 2.75. The van der Waals surface area contributed by atoms with E-state index in [4.69, 9.17) is 5.73 Å². The molecule has 2 N–H and O–H groups in total. The van der Waals surface area contributed by atoms with Crippen molar-refractivity contribution >= 4 is 22.7 Å². The van der Waals surface area contributed by atoms with Crippen LogP contribution >= 0.6 is 0 Å². The van der Waals surface area contributed by atoms with Crippen molar-refractivity contribution in [3.8, 4) is 0 Å². The third-order valence-corrected chi connectivity index (χ3v) is 2.45. The maximum absolute atomic E-state index is 5.70. The van der Waals surface area contributed by atoms with Gasteiger partial charge in [-0.25, -0.2) is 15.0 Å². The molecule has 15 heavy (non-hydrogen) atoms. The lowest BCUT2D eigenvalue weighted by Gasteiger charge is -2.05. The van der Waals surface area contributed by atoms with Gasteiger partial charge in [0.05, 0.1) is 0 Å². The van der Waals surface area contributed by atoms with E-state index < -0.39 is 0 Å². The van der Waals surface area contributed by atoms with Gasteiger partial charge in [0.2, 0.25) is 0 Å². The first-order valence-corrected chi connectivity index (χ1v) is 4.69. The average Bonchev–Trinajstić information content (AvgIpc) is 2.61. The van der Waals surface area contributed by atoms with Gasteiger partial charge >= 0.3 is 0 Å². The van der Waals surface area contributed by atoms with E-state index in [0.717, 1.165) is 11.3 Å². The molecule has 78 valence electrons. The van der Waals surface area contributed by atoms with Gasteiger partial charge in [-0.2, -0.15) is 0 Å². The summed E-state index contributed by atoms with van der Waals surface area (Å²) in [6, 6.07) is 0. The normalized spacial score (nSPS) is 10.6. The minimum atomic E-state index is 0.417. The molecule has 0 aliphatic heterocycles. The number of hydrogen-bond acceptors (Lipinski definition) is 4. The zero-order valence-corrected chi connectivity index (χ0v) is 9.02. The van der Waals surface area contributed by atoms with Crippen molar-refractivity contribution in [1.29, 1.82) is 0 Å². The van der Waals surface area contributed by atoms with E-state index in [-0.39, 0.29) is 0 Å². The van der Waals surface area contributed by atoms with Crippen LogP contribution in [0.25, 0.3) is 16.9 Å². The van der Waals surface area contributed by atoms with Crippen LogP contribution in [0, 0.1) is 0 Å². The van der Waals surface area contributed by atoms with Gasteiger partial charge < -0.3 is 5.73 Å². The summed E-state index contributed by atoms with van der Waals surface area (Å²) in [5, 5.41) is 0. The number of allylic oxidation sites excluding steroid dienone is 2. The molecule has 0 aliphatic carbocycles. The van der Waals surface area contributed by atoms with E-state index >= 15 is 0 Å². The van der Waals surface area contributed by atoms with Gasteiger partial charge in [-0.3, -0.25) is 4.57 Å². The summed E-state index contributed by atoms with van der Waals surface area (Å²) < 4.78 is 1.92. The number of nitrogens with two attached hydrogens (primary N) is 1. The molecule has 0 spiro atoms. The summed E-state index contributed by atoms with van der Waals surface area (Å²) in [4.78, 5) is 12.3. The Morgan fingerprint density at radius 1 is 1.20 bits per heavy atom. The van der Waals surface area contributed by atoms with Crippen molar-refractivity contribution in [3.05, 3.63) is 18.2 Å². The van der Waals surface area contributed by atoms with Crippen LogP contribution in [0.5, 0.6) is 0 Å². The maximum Gasteiger partial charge on any atom is 0.169 e. The summed E-state index contributed by atoms with van der Waals surface area (Å²) >= 11 is 0. The number of nitrogen functional groups attached to an aromatic ring is 1. The van der Waals surface area contributed by atoms with E-state index in [1.165, 1.54) is 11.9 Å². The number of nitrogens with zero attached hydrogens (tertiary/aromatic N) is 4. The Kier molecular flexibility index (Phi) is 2.15. The van der Waals surface area contributed by atoms with Crippen molar-refractivity contribution in [1.82, 2.24) is 19.5 Å². The number of imidazole rings is 1. The second kappa shape index (κ2) is 3.34. The molecule has 0 aliphatic rings. The van der Waals surface area contributed by atoms with Crippen molar-refractivity contribution in [2.24, 2.45) is 0 Å². The van der Waals surface area contributed by atoms with E-state index in [9.17, 15) is 0 Å². The lowest BCUT2D eigenvalue weighted by molar-refractivity contribution is 1.05. The zero-order chi connectivity index (χ0) is 11.0. The number of rotatable bonds is 1. The summed E-state index contributed by atoms with van der Waals surface area (Å²) in [5.74, 6) is 0.417. The van der Waals surface area contributed by atoms with Crippen molar-refractivity contribution in [3.63, 3.8) is 0 Å². The van der Waals surface area contributed by atoms with Crippen molar-refractivity contribution in [2.75, 3.05) is 5.73 Å². The van der Waals surface area contributed by atoms with E-state index in [1.54, 1.807) is 6.33 Å². The predicted molar refractivity (Wildman–Crippen MR) is 60.0 cm³/mol. The molecule has 0 radical (unpaired) electrons. The molecule has 2 aromatic heterocycles. The van der Waals surface area contributed by atoms with Crippen LogP contribution < -0.4 is 5.73 Å². The third-order valence-electron chi connectivity index (χ3n) is 2.45.